The van der Waals surface area contributed by atoms with Crippen LogP contribution in [0.5, 0.6) is 0 Å². The monoisotopic (exact) mass is 497 g/mol. The average Bonchev–Trinajstić information content (AvgIpc) is 3.63. The number of aryl methyl sites for hydroxylation is 1. The van der Waals surface area contributed by atoms with Gasteiger partial charge in [0, 0.05) is 13.0 Å². The second-order valence-corrected chi connectivity index (χ2v) is 8.65. The zero-order valence-electron chi connectivity index (χ0n) is 19.1. The molecule has 10 heteroatoms. The third-order valence-electron chi connectivity index (χ3n) is 5.10. The number of hydrogen-bond donors (Lipinski definition) is 0. The summed E-state index contributed by atoms with van der Waals surface area (Å²) in [5.41, 5.74) is 0.353. The molecule has 0 aliphatic carbocycles. The third-order valence-corrected chi connectivity index (χ3v) is 5.96. The van der Waals surface area contributed by atoms with Crippen molar-refractivity contribution in [1.29, 1.82) is 0 Å². The zero-order chi connectivity index (χ0) is 24.6. The van der Waals surface area contributed by atoms with E-state index >= 15 is 0 Å². The van der Waals surface area contributed by atoms with Crippen LogP contribution in [0.25, 0.3) is 22.1 Å². The Morgan fingerprint density at radius 1 is 1.09 bits per heavy atom. The molecule has 0 saturated heterocycles. The summed E-state index contributed by atoms with van der Waals surface area (Å²) >= 11 is 1.48. The normalized spacial score (nSPS) is 10.9. The number of thiophene rings is 1. The second kappa shape index (κ2) is 11.6. The van der Waals surface area contributed by atoms with Crippen LogP contribution in [0.2, 0.25) is 0 Å². The topological polar surface area (TPSA) is 98.7 Å². The first kappa shape index (κ1) is 24.3. The second-order valence-electron chi connectivity index (χ2n) is 7.70. The molecular formula is C25H24FN3O5S. The highest BCUT2D eigenvalue weighted by Gasteiger charge is 2.19. The van der Waals surface area contributed by atoms with Crippen molar-refractivity contribution in [3.8, 4) is 22.1 Å². The summed E-state index contributed by atoms with van der Waals surface area (Å²) in [4.78, 5) is 27.2. The predicted molar refractivity (Wildman–Crippen MR) is 127 cm³/mol. The molecule has 8 nitrogen and oxygen atoms in total. The highest BCUT2D eigenvalue weighted by atomic mass is 32.1. The van der Waals surface area contributed by atoms with Crippen molar-refractivity contribution in [2.24, 2.45) is 0 Å². The number of amides is 1. The summed E-state index contributed by atoms with van der Waals surface area (Å²) in [5, 5.41) is 9.95. The van der Waals surface area contributed by atoms with Crippen molar-refractivity contribution in [3.05, 3.63) is 71.4 Å². The van der Waals surface area contributed by atoms with E-state index in [9.17, 15) is 14.0 Å². The minimum atomic E-state index is -0.531. The molecule has 0 saturated carbocycles. The van der Waals surface area contributed by atoms with Gasteiger partial charge < -0.3 is 18.5 Å². The number of carbonyl (C=O) groups excluding carboxylic acids is 2. The van der Waals surface area contributed by atoms with Crippen molar-refractivity contribution in [2.75, 3.05) is 13.2 Å². The molecule has 0 aliphatic heterocycles. The van der Waals surface area contributed by atoms with Crippen LogP contribution >= 0.6 is 11.3 Å². The van der Waals surface area contributed by atoms with Crippen LogP contribution in [0.4, 0.5) is 4.39 Å². The largest absolute Gasteiger partial charge is 0.461 e. The third kappa shape index (κ3) is 6.42. The number of carbonyl (C=O) groups is 2. The lowest BCUT2D eigenvalue weighted by atomic mass is 10.1. The van der Waals surface area contributed by atoms with E-state index in [0.29, 0.717) is 41.8 Å². The summed E-state index contributed by atoms with van der Waals surface area (Å²) in [5.74, 6) is 0.363. The highest BCUT2D eigenvalue weighted by molar-refractivity contribution is 7.13. The molecule has 1 amide bonds. The molecule has 3 aromatic heterocycles. The molecule has 35 heavy (non-hydrogen) atoms. The number of ether oxygens (including phenoxy) is 1. The number of benzene rings is 1. The Kier molecular flexibility index (Phi) is 8.04. The van der Waals surface area contributed by atoms with E-state index in [1.54, 1.807) is 30.3 Å². The van der Waals surface area contributed by atoms with Gasteiger partial charge in [-0.2, -0.15) is 0 Å². The van der Waals surface area contributed by atoms with Crippen LogP contribution in [0.1, 0.15) is 31.4 Å². The molecule has 0 fully saturated rings. The van der Waals surface area contributed by atoms with Gasteiger partial charge in [-0.3, -0.25) is 9.59 Å². The summed E-state index contributed by atoms with van der Waals surface area (Å²) < 4.78 is 30.4. The first-order valence-corrected chi connectivity index (χ1v) is 12.0. The van der Waals surface area contributed by atoms with Gasteiger partial charge in [0.15, 0.2) is 6.61 Å². The molecule has 4 rings (SSSR count). The summed E-state index contributed by atoms with van der Waals surface area (Å²) in [6, 6.07) is 13.4. The maximum absolute atomic E-state index is 13.9. The van der Waals surface area contributed by atoms with Crippen LogP contribution in [0, 0.1) is 5.82 Å². The lowest BCUT2D eigenvalue weighted by Gasteiger charge is -2.20. The molecule has 1 aromatic carbocycles. The van der Waals surface area contributed by atoms with Crippen molar-refractivity contribution in [3.63, 3.8) is 0 Å². The minimum absolute atomic E-state index is 0.0269. The molecule has 182 valence electrons. The van der Waals surface area contributed by atoms with E-state index in [-0.39, 0.29) is 37.7 Å². The van der Waals surface area contributed by atoms with Crippen LogP contribution in [0.3, 0.4) is 0 Å². The molecule has 3 heterocycles. The molecular weight excluding hydrogens is 473 g/mol. The predicted octanol–water partition coefficient (Wildman–Crippen LogP) is 5.11. The van der Waals surface area contributed by atoms with Gasteiger partial charge >= 0.3 is 5.97 Å². The number of hydrogen-bond acceptors (Lipinski definition) is 8. The van der Waals surface area contributed by atoms with E-state index < -0.39 is 5.97 Å². The summed E-state index contributed by atoms with van der Waals surface area (Å²) in [7, 11) is 0. The van der Waals surface area contributed by atoms with Crippen molar-refractivity contribution < 1.29 is 27.6 Å². The molecule has 0 spiro atoms. The molecule has 0 radical (unpaired) electrons. The van der Waals surface area contributed by atoms with Crippen LogP contribution < -0.4 is 0 Å². The van der Waals surface area contributed by atoms with Gasteiger partial charge in [0.2, 0.25) is 5.89 Å². The average molecular weight is 498 g/mol. The smallest absolute Gasteiger partial charge is 0.306 e. The first-order valence-electron chi connectivity index (χ1n) is 11.2. The molecule has 0 bridgehead atoms. The van der Waals surface area contributed by atoms with E-state index in [1.807, 2.05) is 24.4 Å². The molecule has 0 aliphatic rings. The van der Waals surface area contributed by atoms with Crippen LogP contribution in [-0.2, 0) is 27.3 Å². The van der Waals surface area contributed by atoms with Crippen molar-refractivity contribution in [1.82, 2.24) is 15.1 Å². The Hall–Kier alpha value is -3.79. The number of halogens is 1. The number of esters is 1. The zero-order valence-corrected chi connectivity index (χ0v) is 19.9. The van der Waals surface area contributed by atoms with Gasteiger partial charge in [-0.05, 0) is 42.1 Å². The fourth-order valence-electron chi connectivity index (χ4n) is 3.39. The van der Waals surface area contributed by atoms with Crippen LogP contribution in [0.15, 0.2) is 62.7 Å². The van der Waals surface area contributed by atoms with Gasteiger partial charge in [-0.15, -0.1) is 21.5 Å². The molecule has 0 unspecified atom stereocenters. The Morgan fingerprint density at radius 2 is 1.94 bits per heavy atom. The van der Waals surface area contributed by atoms with Crippen LogP contribution in [-0.4, -0.2) is 40.1 Å². The van der Waals surface area contributed by atoms with Gasteiger partial charge in [0.05, 0.1) is 23.4 Å². The Balaban J connectivity index is 1.26. The molecule has 0 N–H and O–H groups in total. The fraction of sp³-hybridized carbons (Fsp3) is 0.280. The minimum Gasteiger partial charge on any atom is -0.461 e. The fourth-order valence-corrected chi connectivity index (χ4v) is 4.04. The summed E-state index contributed by atoms with van der Waals surface area (Å²) in [6.45, 7) is 2.14. The lowest BCUT2D eigenvalue weighted by Crippen LogP contribution is -2.35. The Morgan fingerprint density at radius 3 is 2.71 bits per heavy atom. The number of aromatic nitrogens is 2. The van der Waals surface area contributed by atoms with E-state index in [1.165, 1.54) is 22.3 Å². The van der Waals surface area contributed by atoms with E-state index in [2.05, 4.69) is 10.2 Å². The molecule has 0 atom stereocenters. The highest BCUT2D eigenvalue weighted by Crippen LogP contribution is 2.25. The van der Waals surface area contributed by atoms with Crippen molar-refractivity contribution >= 4 is 23.2 Å². The SMILES string of the molecule is CCCN(Cc1nnc(-c2cccs2)o1)C(=O)COC(=O)CCc1ccc(-c2ccccc2F)o1. The quantitative estimate of drug-likeness (QED) is 0.266. The van der Waals surface area contributed by atoms with Gasteiger partial charge in [-0.1, -0.05) is 25.1 Å². The number of nitrogens with zero attached hydrogens (tertiary/aromatic N) is 3. The summed E-state index contributed by atoms with van der Waals surface area (Å²) in [6.07, 6.45) is 1.02. The lowest BCUT2D eigenvalue weighted by molar-refractivity contribution is -0.152. The van der Waals surface area contributed by atoms with Gasteiger partial charge in [0.25, 0.3) is 11.8 Å². The van der Waals surface area contributed by atoms with E-state index in [0.717, 1.165) is 4.88 Å². The maximum Gasteiger partial charge on any atom is 0.306 e. The van der Waals surface area contributed by atoms with Gasteiger partial charge in [-0.25, -0.2) is 4.39 Å². The first-order chi connectivity index (χ1) is 17.0. The van der Waals surface area contributed by atoms with Crippen molar-refractivity contribution in [2.45, 2.75) is 32.7 Å². The Bertz CT molecular complexity index is 1270. The number of rotatable bonds is 11. The standard InChI is InChI=1S/C25H24FN3O5S/c1-2-13-29(15-22-27-28-25(34-22)21-8-5-14-35-21)23(30)16-32-24(31)12-10-17-9-11-20(33-17)18-6-3-4-7-19(18)26/h3-9,11,14H,2,10,12-13,15-16H2,1H3. The Labute approximate surface area is 205 Å². The van der Waals surface area contributed by atoms with E-state index in [4.69, 9.17) is 13.6 Å². The number of furan rings is 1. The maximum atomic E-state index is 13.9. The van der Waals surface area contributed by atoms with Gasteiger partial charge in [0.1, 0.15) is 17.3 Å². The molecule has 4 aromatic rings.